The molecule has 0 aliphatic rings. The van der Waals surface area contributed by atoms with Crippen LogP contribution in [0.2, 0.25) is 0 Å². The highest BCUT2D eigenvalue weighted by Gasteiger charge is 2.20. The average Bonchev–Trinajstić information content (AvgIpc) is 2.70. The van der Waals surface area contributed by atoms with Gasteiger partial charge in [0.2, 0.25) is 0 Å². The van der Waals surface area contributed by atoms with E-state index in [2.05, 4.69) is 15.9 Å². The molecule has 0 amide bonds. The maximum absolute atomic E-state index is 13.3. The van der Waals surface area contributed by atoms with E-state index < -0.39 is 5.97 Å². The zero-order valence-electron chi connectivity index (χ0n) is 11.0. The van der Waals surface area contributed by atoms with Crippen LogP contribution in [-0.4, -0.2) is 12.6 Å². The van der Waals surface area contributed by atoms with Gasteiger partial charge in [0.05, 0.1) is 16.8 Å². The maximum Gasteiger partial charge on any atom is 0.350 e. The molecule has 2 N–H and O–H groups in total. The highest BCUT2D eigenvalue weighted by molar-refractivity contribution is 9.10. The van der Waals surface area contributed by atoms with Gasteiger partial charge in [-0.2, -0.15) is 0 Å². The molecule has 0 aliphatic heterocycles. The van der Waals surface area contributed by atoms with Crippen molar-refractivity contribution in [3.63, 3.8) is 0 Å². The highest BCUT2D eigenvalue weighted by Crippen LogP contribution is 2.39. The van der Waals surface area contributed by atoms with Gasteiger partial charge in [0.25, 0.3) is 0 Å². The van der Waals surface area contributed by atoms with E-state index in [9.17, 15) is 9.18 Å². The van der Waals surface area contributed by atoms with E-state index in [0.29, 0.717) is 21.6 Å². The van der Waals surface area contributed by atoms with Gasteiger partial charge < -0.3 is 10.5 Å². The number of anilines is 1. The Morgan fingerprint density at radius 1 is 1.50 bits per heavy atom. The lowest BCUT2D eigenvalue weighted by atomic mass is 10.1. The zero-order valence-corrected chi connectivity index (χ0v) is 13.4. The number of nitrogens with two attached hydrogens (primary N) is 1. The minimum absolute atomic E-state index is 0.298. The first kappa shape index (κ1) is 15.0. The number of carbonyl (C=O) groups is 1. The van der Waals surface area contributed by atoms with Crippen molar-refractivity contribution in [3.05, 3.63) is 38.9 Å². The SMILES string of the molecule is CCOC(=O)c1sc(-c2ccc(F)c(Br)c2)c(C)c1N. The predicted octanol–water partition coefficient (Wildman–Crippen LogP) is 4.38. The standard InChI is InChI=1S/C14H13BrFNO2S/c1-3-19-14(18)13-11(17)7(2)12(20-13)8-4-5-10(16)9(15)6-8/h4-6H,3,17H2,1-2H3. The summed E-state index contributed by atoms with van der Waals surface area (Å²) < 4.78 is 18.6. The summed E-state index contributed by atoms with van der Waals surface area (Å²) in [5.74, 6) is -0.757. The summed E-state index contributed by atoms with van der Waals surface area (Å²) in [6, 6.07) is 4.70. The van der Waals surface area contributed by atoms with Gasteiger partial charge in [0.15, 0.2) is 0 Å². The summed E-state index contributed by atoms with van der Waals surface area (Å²) in [5.41, 5.74) is 7.99. The van der Waals surface area contributed by atoms with Crippen molar-refractivity contribution in [3.8, 4) is 10.4 Å². The van der Waals surface area contributed by atoms with Gasteiger partial charge in [0.1, 0.15) is 10.7 Å². The molecule has 2 aromatic rings. The monoisotopic (exact) mass is 357 g/mol. The van der Waals surface area contributed by atoms with Crippen LogP contribution in [0.1, 0.15) is 22.2 Å². The summed E-state index contributed by atoms with van der Waals surface area (Å²) in [6.07, 6.45) is 0. The average molecular weight is 358 g/mol. The Hall–Kier alpha value is -1.40. The lowest BCUT2D eigenvalue weighted by Gasteiger charge is -2.02. The molecule has 6 heteroatoms. The lowest BCUT2D eigenvalue weighted by molar-refractivity contribution is 0.0533. The van der Waals surface area contributed by atoms with E-state index in [1.807, 2.05) is 6.92 Å². The third-order valence-electron chi connectivity index (χ3n) is 2.84. The van der Waals surface area contributed by atoms with Gasteiger partial charge in [-0.3, -0.25) is 0 Å². The first-order valence-electron chi connectivity index (χ1n) is 5.97. The summed E-state index contributed by atoms with van der Waals surface area (Å²) in [7, 11) is 0. The Labute approximate surface area is 128 Å². The van der Waals surface area contributed by atoms with Gasteiger partial charge in [-0.15, -0.1) is 11.3 Å². The molecule has 1 heterocycles. The molecule has 0 radical (unpaired) electrons. The van der Waals surface area contributed by atoms with Crippen LogP contribution in [0.4, 0.5) is 10.1 Å². The summed E-state index contributed by atoms with van der Waals surface area (Å²) in [6.45, 7) is 3.88. The molecule has 20 heavy (non-hydrogen) atoms. The first-order valence-corrected chi connectivity index (χ1v) is 7.58. The third-order valence-corrected chi connectivity index (χ3v) is 4.78. The third kappa shape index (κ3) is 2.71. The van der Waals surface area contributed by atoms with Crippen molar-refractivity contribution in [1.29, 1.82) is 0 Å². The van der Waals surface area contributed by atoms with Crippen molar-refractivity contribution >= 4 is 38.9 Å². The second kappa shape index (κ2) is 5.93. The molecular weight excluding hydrogens is 345 g/mol. The predicted molar refractivity (Wildman–Crippen MR) is 82.5 cm³/mol. The number of carbonyl (C=O) groups excluding carboxylic acids is 1. The number of hydrogen-bond donors (Lipinski definition) is 1. The second-order valence-electron chi connectivity index (χ2n) is 4.15. The van der Waals surface area contributed by atoms with Crippen molar-refractivity contribution < 1.29 is 13.9 Å². The summed E-state index contributed by atoms with van der Waals surface area (Å²) >= 11 is 4.41. The number of rotatable bonds is 3. The number of nitrogen functional groups attached to an aromatic ring is 1. The molecule has 0 atom stereocenters. The fourth-order valence-corrected chi connectivity index (χ4v) is 3.28. The van der Waals surface area contributed by atoms with Crippen LogP contribution >= 0.6 is 27.3 Å². The van der Waals surface area contributed by atoms with Crippen molar-refractivity contribution in [1.82, 2.24) is 0 Å². The second-order valence-corrected chi connectivity index (χ2v) is 6.02. The highest BCUT2D eigenvalue weighted by atomic mass is 79.9. The molecule has 0 fully saturated rings. The zero-order chi connectivity index (χ0) is 14.9. The van der Waals surface area contributed by atoms with E-state index >= 15 is 0 Å². The lowest BCUT2D eigenvalue weighted by Crippen LogP contribution is -2.05. The van der Waals surface area contributed by atoms with Crippen molar-refractivity contribution in [2.75, 3.05) is 12.3 Å². The Bertz CT molecular complexity index is 669. The van der Waals surface area contributed by atoms with E-state index in [4.69, 9.17) is 10.5 Å². The van der Waals surface area contributed by atoms with Gasteiger partial charge in [-0.05, 0) is 53.0 Å². The first-order chi connectivity index (χ1) is 9.45. The van der Waals surface area contributed by atoms with E-state index in [1.54, 1.807) is 19.1 Å². The molecule has 3 nitrogen and oxygen atoms in total. The van der Waals surface area contributed by atoms with Crippen LogP contribution in [-0.2, 0) is 4.74 Å². The van der Waals surface area contributed by atoms with Crippen LogP contribution < -0.4 is 5.73 Å². The minimum Gasteiger partial charge on any atom is -0.462 e. The molecule has 2 rings (SSSR count). The van der Waals surface area contributed by atoms with E-state index in [-0.39, 0.29) is 5.82 Å². The van der Waals surface area contributed by atoms with Crippen LogP contribution in [0.15, 0.2) is 22.7 Å². The quantitative estimate of drug-likeness (QED) is 0.829. The van der Waals surface area contributed by atoms with Gasteiger partial charge >= 0.3 is 5.97 Å². The molecule has 1 aromatic carbocycles. The number of halogens is 2. The van der Waals surface area contributed by atoms with Crippen LogP contribution in [0.3, 0.4) is 0 Å². The minimum atomic E-state index is -0.425. The molecule has 0 unspecified atom stereocenters. The van der Waals surface area contributed by atoms with Gasteiger partial charge in [-0.25, -0.2) is 9.18 Å². The molecule has 0 spiro atoms. The maximum atomic E-state index is 13.3. The largest absolute Gasteiger partial charge is 0.462 e. The summed E-state index contributed by atoms with van der Waals surface area (Å²) in [4.78, 5) is 13.1. The molecule has 0 saturated heterocycles. The van der Waals surface area contributed by atoms with E-state index in [1.165, 1.54) is 17.4 Å². The van der Waals surface area contributed by atoms with Crippen LogP contribution in [0, 0.1) is 12.7 Å². The Balaban J connectivity index is 2.50. The number of ether oxygens (including phenoxy) is 1. The molecule has 106 valence electrons. The molecule has 0 aliphatic carbocycles. The Morgan fingerprint density at radius 3 is 2.80 bits per heavy atom. The fraction of sp³-hybridized carbons (Fsp3) is 0.214. The van der Waals surface area contributed by atoms with Crippen molar-refractivity contribution in [2.24, 2.45) is 0 Å². The van der Waals surface area contributed by atoms with Crippen LogP contribution in [0.25, 0.3) is 10.4 Å². The Kier molecular flexibility index (Phi) is 4.45. The number of hydrogen-bond acceptors (Lipinski definition) is 4. The normalized spacial score (nSPS) is 10.6. The number of thiophene rings is 1. The van der Waals surface area contributed by atoms with Crippen molar-refractivity contribution in [2.45, 2.75) is 13.8 Å². The molecule has 0 bridgehead atoms. The Morgan fingerprint density at radius 2 is 2.20 bits per heavy atom. The number of benzene rings is 1. The van der Waals surface area contributed by atoms with Gasteiger partial charge in [-0.1, -0.05) is 6.07 Å². The molecule has 1 aromatic heterocycles. The van der Waals surface area contributed by atoms with Crippen LogP contribution in [0.5, 0.6) is 0 Å². The number of esters is 1. The fourth-order valence-electron chi connectivity index (χ4n) is 1.79. The summed E-state index contributed by atoms with van der Waals surface area (Å²) in [5, 5.41) is 0. The van der Waals surface area contributed by atoms with E-state index in [0.717, 1.165) is 16.0 Å². The van der Waals surface area contributed by atoms with Gasteiger partial charge in [0, 0.05) is 4.88 Å². The molecule has 0 saturated carbocycles. The topological polar surface area (TPSA) is 52.3 Å². The smallest absolute Gasteiger partial charge is 0.350 e. The molecular formula is C14H13BrFNO2S.